The number of carbonyl (C=O) groups is 1. The summed E-state index contributed by atoms with van der Waals surface area (Å²) < 4.78 is 30.5. The van der Waals surface area contributed by atoms with Gasteiger partial charge in [0.05, 0.1) is 0 Å². The summed E-state index contributed by atoms with van der Waals surface area (Å²) in [6, 6.07) is 2.83. The Morgan fingerprint density at radius 2 is 2.05 bits per heavy atom. The summed E-state index contributed by atoms with van der Waals surface area (Å²) in [6.07, 6.45) is 5.43. The molecule has 2 rings (SSSR count). The van der Waals surface area contributed by atoms with E-state index in [0.29, 0.717) is 5.92 Å². The molecule has 1 aromatic rings. The molecule has 1 amide bonds. The summed E-state index contributed by atoms with van der Waals surface area (Å²) >= 11 is 0. The van der Waals surface area contributed by atoms with E-state index in [1.54, 1.807) is 0 Å². The van der Waals surface area contributed by atoms with E-state index >= 15 is 0 Å². The first-order valence-electron chi connectivity index (χ1n) is 7.32. The van der Waals surface area contributed by atoms with Gasteiger partial charge < -0.3 is 9.73 Å². The number of furan rings is 1. The maximum absolute atomic E-state index is 12.2. The summed E-state index contributed by atoms with van der Waals surface area (Å²) in [5, 5.41) is 2.73. The van der Waals surface area contributed by atoms with Gasteiger partial charge in [-0.15, -0.1) is 0 Å². The van der Waals surface area contributed by atoms with Gasteiger partial charge in [0.25, 0.3) is 15.9 Å². The van der Waals surface area contributed by atoms with Crippen molar-refractivity contribution < 1.29 is 17.6 Å². The molecular weight excluding hydrogens is 292 g/mol. The van der Waals surface area contributed by atoms with E-state index in [-0.39, 0.29) is 22.8 Å². The number of hydrogen-bond acceptors (Lipinski definition) is 4. The third-order valence-corrected chi connectivity index (χ3v) is 5.38. The average Bonchev–Trinajstić information content (AvgIpc) is 2.98. The van der Waals surface area contributed by atoms with Crippen molar-refractivity contribution in [3.05, 3.63) is 17.9 Å². The van der Waals surface area contributed by atoms with Gasteiger partial charge in [0.2, 0.25) is 5.09 Å². The van der Waals surface area contributed by atoms with Gasteiger partial charge in [0.1, 0.15) is 0 Å². The summed E-state index contributed by atoms with van der Waals surface area (Å²) in [4.78, 5) is 12.2. The predicted molar refractivity (Wildman–Crippen MR) is 78.5 cm³/mol. The van der Waals surface area contributed by atoms with E-state index in [2.05, 4.69) is 17.0 Å². The van der Waals surface area contributed by atoms with Gasteiger partial charge in [-0.3, -0.25) is 4.79 Å². The quantitative estimate of drug-likeness (QED) is 0.868. The van der Waals surface area contributed by atoms with Crippen LogP contribution >= 0.6 is 0 Å². The van der Waals surface area contributed by atoms with Crippen LogP contribution < -0.4 is 10.0 Å². The number of carbonyl (C=O) groups excluding carboxylic acids is 1. The molecule has 0 saturated heterocycles. The summed E-state index contributed by atoms with van der Waals surface area (Å²) in [7, 11) is -2.36. The van der Waals surface area contributed by atoms with Gasteiger partial charge in [-0.2, -0.15) is 0 Å². The molecule has 1 heterocycles. The smallest absolute Gasteiger partial charge is 0.287 e. The fourth-order valence-electron chi connectivity index (χ4n) is 2.81. The Balaban J connectivity index is 2.07. The molecule has 1 aliphatic carbocycles. The highest BCUT2D eigenvalue weighted by molar-refractivity contribution is 7.89. The average molecular weight is 314 g/mol. The minimum Gasteiger partial charge on any atom is -0.438 e. The number of hydrogen-bond donors (Lipinski definition) is 2. The second-order valence-electron chi connectivity index (χ2n) is 5.36. The van der Waals surface area contributed by atoms with Gasteiger partial charge in [-0.05, 0) is 37.9 Å². The maximum atomic E-state index is 12.2. The van der Waals surface area contributed by atoms with Crippen LogP contribution in [0.1, 0.15) is 49.6 Å². The molecule has 2 N–H and O–H groups in total. The van der Waals surface area contributed by atoms with Gasteiger partial charge in [-0.1, -0.05) is 26.2 Å². The molecule has 0 unspecified atom stereocenters. The van der Waals surface area contributed by atoms with Crippen LogP contribution in [-0.2, 0) is 10.0 Å². The largest absolute Gasteiger partial charge is 0.438 e. The zero-order valence-corrected chi connectivity index (χ0v) is 13.2. The van der Waals surface area contributed by atoms with Crippen molar-refractivity contribution in [1.29, 1.82) is 0 Å². The highest BCUT2D eigenvalue weighted by Crippen LogP contribution is 2.27. The van der Waals surface area contributed by atoms with Crippen molar-refractivity contribution in [3.8, 4) is 0 Å². The van der Waals surface area contributed by atoms with Crippen LogP contribution in [0.25, 0.3) is 0 Å². The Kier molecular flexibility index (Phi) is 5.05. The van der Waals surface area contributed by atoms with Gasteiger partial charge in [0.15, 0.2) is 5.76 Å². The third kappa shape index (κ3) is 3.65. The van der Waals surface area contributed by atoms with Crippen LogP contribution in [-0.4, -0.2) is 27.4 Å². The lowest BCUT2D eigenvalue weighted by Crippen LogP contribution is -2.41. The second kappa shape index (κ2) is 6.62. The molecule has 0 radical (unpaired) electrons. The fraction of sp³-hybridized carbons (Fsp3) is 0.643. The van der Waals surface area contributed by atoms with Crippen LogP contribution in [0.4, 0.5) is 0 Å². The molecule has 6 nitrogen and oxygen atoms in total. The Bertz CT molecular complexity index is 594. The van der Waals surface area contributed by atoms with E-state index < -0.39 is 10.0 Å². The van der Waals surface area contributed by atoms with E-state index in [4.69, 9.17) is 4.42 Å². The lowest BCUT2D eigenvalue weighted by atomic mass is 9.83. The highest BCUT2D eigenvalue weighted by Gasteiger charge is 2.27. The summed E-state index contributed by atoms with van der Waals surface area (Å²) in [5.41, 5.74) is 0. The molecule has 1 aromatic heterocycles. The molecule has 21 heavy (non-hydrogen) atoms. The molecule has 1 saturated carbocycles. The number of amides is 1. The number of rotatable bonds is 5. The normalized spacial score (nSPS) is 23.0. The Morgan fingerprint density at radius 1 is 1.33 bits per heavy atom. The molecule has 0 bridgehead atoms. The van der Waals surface area contributed by atoms with E-state index in [1.807, 2.05) is 0 Å². The Hall–Kier alpha value is -1.34. The van der Waals surface area contributed by atoms with Crippen LogP contribution in [0.3, 0.4) is 0 Å². The van der Waals surface area contributed by atoms with Crippen molar-refractivity contribution >= 4 is 15.9 Å². The van der Waals surface area contributed by atoms with E-state index in [0.717, 1.165) is 25.7 Å². The van der Waals surface area contributed by atoms with Crippen molar-refractivity contribution in [2.45, 2.75) is 50.2 Å². The Labute approximate surface area is 125 Å². The second-order valence-corrected chi connectivity index (χ2v) is 7.18. The van der Waals surface area contributed by atoms with Crippen LogP contribution in [0.2, 0.25) is 0 Å². The van der Waals surface area contributed by atoms with Crippen LogP contribution in [0.15, 0.2) is 21.6 Å². The topological polar surface area (TPSA) is 88.4 Å². The lowest BCUT2D eigenvalue weighted by Gasteiger charge is -2.31. The monoisotopic (exact) mass is 314 g/mol. The first-order chi connectivity index (χ1) is 9.97. The maximum Gasteiger partial charge on any atom is 0.287 e. The first kappa shape index (κ1) is 16.0. The molecule has 0 spiro atoms. The van der Waals surface area contributed by atoms with Crippen LogP contribution in [0.5, 0.6) is 0 Å². The molecule has 0 aromatic carbocycles. The van der Waals surface area contributed by atoms with Crippen molar-refractivity contribution in [1.82, 2.24) is 10.0 Å². The number of nitrogens with one attached hydrogen (secondary N) is 2. The highest BCUT2D eigenvalue weighted by atomic mass is 32.2. The van der Waals surface area contributed by atoms with Crippen molar-refractivity contribution in [3.63, 3.8) is 0 Å². The van der Waals surface area contributed by atoms with Crippen LogP contribution in [0, 0.1) is 5.92 Å². The molecule has 1 aliphatic rings. The third-order valence-electron chi connectivity index (χ3n) is 4.09. The molecule has 1 fully saturated rings. The summed E-state index contributed by atoms with van der Waals surface area (Å²) in [6.45, 7) is 2.12. The van der Waals surface area contributed by atoms with Crippen molar-refractivity contribution in [2.75, 3.05) is 7.05 Å². The van der Waals surface area contributed by atoms with Gasteiger partial charge in [-0.25, -0.2) is 13.1 Å². The SMILES string of the molecule is CC[C@H]1CCCC[C@H]1NC(=O)c1ccc(S(=O)(=O)NC)o1. The first-order valence-corrected chi connectivity index (χ1v) is 8.80. The van der Waals surface area contributed by atoms with E-state index in [1.165, 1.54) is 25.6 Å². The molecule has 118 valence electrons. The zero-order chi connectivity index (χ0) is 15.5. The Morgan fingerprint density at radius 3 is 2.71 bits per heavy atom. The minimum absolute atomic E-state index is 0.0317. The van der Waals surface area contributed by atoms with E-state index in [9.17, 15) is 13.2 Å². The molecular formula is C14H22N2O4S. The van der Waals surface area contributed by atoms with Gasteiger partial charge >= 0.3 is 0 Å². The molecule has 7 heteroatoms. The number of sulfonamides is 1. The fourth-order valence-corrected chi connectivity index (χ4v) is 3.46. The standard InChI is InChI=1S/C14H22N2O4S/c1-3-10-6-4-5-7-11(10)16-14(17)12-8-9-13(20-12)21(18,19)15-2/h8-11,15H,3-7H2,1-2H3,(H,16,17)/t10-,11+/m0/s1. The van der Waals surface area contributed by atoms with Gasteiger partial charge in [0, 0.05) is 6.04 Å². The van der Waals surface area contributed by atoms with Crippen molar-refractivity contribution in [2.24, 2.45) is 5.92 Å². The predicted octanol–water partition coefficient (Wildman–Crippen LogP) is 1.89. The minimum atomic E-state index is -3.66. The summed E-state index contributed by atoms with van der Waals surface area (Å²) in [5.74, 6) is 0.167. The lowest BCUT2D eigenvalue weighted by molar-refractivity contribution is 0.0871. The molecule has 2 atom stereocenters. The zero-order valence-electron chi connectivity index (χ0n) is 12.4. The molecule has 0 aliphatic heterocycles.